The topological polar surface area (TPSA) is 42.3 Å². The Morgan fingerprint density at radius 3 is 2.80 bits per heavy atom. The minimum Gasteiger partial charge on any atom is -0.493 e. The van der Waals surface area contributed by atoms with Gasteiger partial charge in [0.1, 0.15) is 5.75 Å². The molecule has 0 amide bonds. The van der Waals surface area contributed by atoms with E-state index in [9.17, 15) is 0 Å². The second kappa shape index (κ2) is 5.61. The summed E-state index contributed by atoms with van der Waals surface area (Å²) in [5, 5.41) is 7.97. The van der Waals surface area contributed by atoms with E-state index in [1.807, 2.05) is 19.1 Å². The Morgan fingerprint density at radius 2 is 2.20 bits per heavy atom. The van der Waals surface area contributed by atoms with Gasteiger partial charge in [0.25, 0.3) is 0 Å². The summed E-state index contributed by atoms with van der Waals surface area (Å²) in [6, 6.07) is 5.46. The maximum atomic E-state index is 7.27. The molecule has 0 unspecified atom stereocenters. The van der Waals surface area contributed by atoms with Crippen molar-refractivity contribution in [3.05, 3.63) is 28.8 Å². The quantitative estimate of drug-likeness (QED) is 0.635. The van der Waals surface area contributed by atoms with Crippen LogP contribution in [0, 0.1) is 12.3 Å². The fraction of sp³-hybridized carbons (Fsp3) is 0.364. The highest BCUT2D eigenvalue weighted by Crippen LogP contribution is 2.21. The van der Waals surface area contributed by atoms with Crippen LogP contribution in [-0.4, -0.2) is 19.6 Å². The fourth-order valence-corrected chi connectivity index (χ4v) is 1.36. The van der Waals surface area contributed by atoms with Crippen molar-refractivity contribution in [3.63, 3.8) is 0 Å². The molecule has 1 N–H and O–H groups in total. The summed E-state index contributed by atoms with van der Waals surface area (Å²) in [5.41, 5.74) is 0.992. The number of hydrogen-bond donors (Lipinski definition) is 1. The average Bonchev–Trinajstić information content (AvgIpc) is 2.21. The Hall–Kier alpha value is -1.22. The Bertz CT molecular complexity index is 352. The lowest BCUT2D eigenvalue weighted by molar-refractivity contribution is 0.305. The first-order chi connectivity index (χ1) is 7.13. The standard InChI is InChI=1S/C11H14ClNO2/c1-8-7-9(12)3-4-10(8)15-6-5-11(13)14-2/h3-4,7,13H,5-6H2,1-2H3. The lowest BCUT2D eigenvalue weighted by Gasteiger charge is -2.09. The number of methoxy groups -OCH3 is 1. The minimum atomic E-state index is 0.224. The lowest BCUT2D eigenvalue weighted by atomic mass is 10.2. The van der Waals surface area contributed by atoms with Crippen molar-refractivity contribution in [2.24, 2.45) is 0 Å². The Labute approximate surface area is 94.5 Å². The summed E-state index contributed by atoms with van der Waals surface area (Å²) in [5.74, 6) is 1.02. The van der Waals surface area contributed by atoms with Crippen LogP contribution in [0.25, 0.3) is 0 Å². The number of aryl methyl sites for hydroxylation is 1. The highest BCUT2D eigenvalue weighted by atomic mass is 35.5. The molecule has 0 aliphatic carbocycles. The smallest absolute Gasteiger partial charge is 0.183 e. The third kappa shape index (κ3) is 3.80. The summed E-state index contributed by atoms with van der Waals surface area (Å²) >= 11 is 5.81. The van der Waals surface area contributed by atoms with Crippen LogP contribution in [0.3, 0.4) is 0 Å². The van der Waals surface area contributed by atoms with Gasteiger partial charge in [0.2, 0.25) is 0 Å². The molecule has 1 rings (SSSR count). The second-order valence-corrected chi connectivity index (χ2v) is 3.57. The van der Waals surface area contributed by atoms with Crippen LogP contribution >= 0.6 is 11.6 Å². The van der Waals surface area contributed by atoms with Gasteiger partial charge in [-0.25, -0.2) is 0 Å². The van der Waals surface area contributed by atoms with Gasteiger partial charge in [-0.2, -0.15) is 0 Å². The van der Waals surface area contributed by atoms with E-state index in [1.165, 1.54) is 7.11 Å². The van der Waals surface area contributed by atoms with Crippen LogP contribution in [0.1, 0.15) is 12.0 Å². The molecule has 4 heteroatoms. The van der Waals surface area contributed by atoms with Gasteiger partial charge in [-0.1, -0.05) is 11.6 Å². The number of rotatable bonds is 4. The van der Waals surface area contributed by atoms with Crippen LogP contribution in [0.4, 0.5) is 0 Å². The zero-order valence-electron chi connectivity index (χ0n) is 8.84. The molecule has 0 spiro atoms. The summed E-state index contributed by atoms with van der Waals surface area (Å²) in [6.07, 6.45) is 0.471. The van der Waals surface area contributed by atoms with Crippen molar-refractivity contribution in [2.45, 2.75) is 13.3 Å². The van der Waals surface area contributed by atoms with Crippen molar-refractivity contribution in [1.82, 2.24) is 0 Å². The molecule has 0 saturated carbocycles. The summed E-state index contributed by atoms with van der Waals surface area (Å²) in [4.78, 5) is 0. The number of halogens is 1. The van der Waals surface area contributed by atoms with E-state index in [0.29, 0.717) is 18.1 Å². The zero-order valence-corrected chi connectivity index (χ0v) is 9.60. The van der Waals surface area contributed by atoms with Crippen LogP contribution in [0.5, 0.6) is 5.75 Å². The molecule has 0 radical (unpaired) electrons. The van der Waals surface area contributed by atoms with Gasteiger partial charge in [-0.3, -0.25) is 5.41 Å². The largest absolute Gasteiger partial charge is 0.493 e. The highest BCUT2D eigenvalue weighted by Gasteiger charge is 2.01. The third-order valence-electron chi connectivity index (χ3n) is 1.97. The van der Waals surface area contributed by atoms with Gasteiger partial charge < -0.3 is 9.47 Å². The predicted octanol–water partition coefficient (Wildman–Crippen LogP) is 3.04. The molecule has 0 aliphatic heterocycles. The van der Waals surface area contributed by atoms with E-state index in [2.05, 4.69) is 0 Å². The van der Waals surface area contributed by atoms with Gasteiger partial charge in [0.05, 0.1) is 20.1 Å². The van der Waals surface area contributed by atoms with E-state index < -0.39 is 0 Å². The maximum Gasteiger partial charge on any atom is 0.183 e. The first kappa shape index (κ1) is 11.9. The molecule has 0 bridgehead atoms. The molecule has 0 aromatic heterocycles. The normalized spacial score (nSPS) is 9.80. The predicted molar refractivity (Wildman–Crippen MR) is 61.0 cm³/mol. The Morgan fingerprint density at radius 1 is 1.47 bits per heavy atom. The molecule has 3 nitrogen and oxygen atoms in total. The lowest BCUT2D eigenvalue weighted by Crippen LogP contribution is -2.07. The van der Waals surface area contributed by atoms with Crippen molar-refractivity contribution < 1.29 is 9.47 Å². The van der Waals surface area contributed by atoms with Crippen molar-refractivity contribution in [2.75, 3.05) is 13.7 Å². The molecular formula is C11H14ClNO2. The van der Waals surface area contributed by atoms with Crippen molar-refractivity contribution >= 4 is 17.5 Å². The number of hydrogen-bond acceptors (Lipinski definition) is 3. The molecule has 0 aliphatic rings. The van der Waals surface area contributed by atoms with E-state index in [4.69, 9.17) is 26.5 Å². The van der Waals surface area contributed by atoms with Crippen LogP contribution in [0.15, 0.2) is 18.2 Å². The summed E-state index contributed by atoms with van der Waals surface area (Å²) in [6.45, 7) is 2.37. The number of nitrogens with one attached hydrogen (secondary N) is 1. The molecule has 0 fully saturated rings. The van der Waals surface area contributed by atoms with Crippen molar-refractivity contribution in [1.29, 1.82) is 5.41 Å². The van der Waals surface area contributed by atoms with Crippen LogP contribution < -0.4 is 4.74 Å². The molecule has 15 heavy (non-hydrogen) atoms. The van der Waals surface area contributed by atoms with E-state index in [-0.39, 0.29) is 5.90 Å². The van der Waals surface area contributed by atoms with Gasteiger partial charge in [-0.05, 0) is 30.7 Å². The molecule has 0 heterocycles. The van der Waals surface area contributed by atoms with Gasteiger partial charge in [-0.15, -0.1) is 0 Å². The monoisotopic (exact) mass is 227 g/mol. The number of benzene rings is 1. The minimum absolute atomic E-state index is 0.224. The molecule has 82 valence electrons. The number of ether oxygens (including phenoxy) is 2. The van der Waals surface area contributed by atoms with Crippen molar-refractivity contribution in [3.8, 4) is 5.75 Å². The van der Waals surface area contributed by atoms with Crippen LogP contribution in [0.2, 0.25) is 5.02 Å². The summed E-state index contributed by atoms with van der Waals surface area (Å²) < 4.78 is 10.2. The molecule has 1 aromatic carbocycles. The van der Waals surface area contributed by atoms with Gasteiger partial charge in [0, 0.05) is 5.02 Å². The Kier molecular flexibility index (Phi) is 4.43. The Balaban J connectivity index is 2.47. The molecule has 1 aromatic rings. The average molecular weight is 228 g/mol. The first-order valence-corrected chi connectivity index (χ1v) is 5.01. The maximum absolute atomic E-state index is 7.27. The SMILES string of the molecule is COC(=N)CCOc1ccc(Cl)cc1C. The van der Waals surface area contributed by atoms with Crippen LogP contribution in [-0.2, 0) is 4.74 Å². The van der Waals surface area contributed by atoms with E-state index in [1.54, 1.807) is 6.07 Å². The first-order valence-electron chi connectivity index (χ1n) is 4.64. The van der Waals surface area contributed by atoms with Gasteiger partial charge in [0.15, 0.2) is 5.90 Å². The van der Waals surface area contributed by atoms with Gasteiger partial charge >= 0.3 is 0 Å². The molecular weight excluding hydrogens is 214 g/mol. The third-order valence-corrected chi connectivity index (χ3v) is 2.21. The van der Waals surface area contributed by atoms with E-state index >= 15 is 0 Å². The second-order valence-electron chi connectivity index (χ2n) is 3.14. The molecule has 0 atom stereocenters. The fourth-order valence-electron chi connectivity index (χ4n) is 1.13. The van der Waals surface area contributed by atoms with E-state index in [0.717, 1.165) is 11.3 Å². The highest BCUT2D eigenvalue weighted by molar-refractivity contribution is 6.30. The zero-order chi connectivity index (χ0) is 11.3. The summed E-state index contributed by atoms with van der Waals surface area (Å²) in [7, 11) is 1.48. The molecule has 0 saturated heterocycles.